The fourth-order valence-electron chi connectivity index (χ4n) is 1.39. The molecule has 0 aromatic carbocycles. The molecule has 0 aromatic heterocycles. The molecule has 0 radical (unpaired) electrons. The van der Waals surface area contributed by atoms with Crippen LogP contribution in [0.15, 0.2) is 10.1 Å². The molecule has 0 aromatic rings. The van der Waals surface area contributed by atoms with E-state index in [4.69, 9.17) is 23.2 Å². The number of allylic oxidation sites excluding steroid dienone is 1. The van der Waals surface area contributed by atoms with Gasteiger partial charge in [0.2, 0.25) is 0 Å². The summed E-state index contributed by atoms with van der Waals surface area (Å²) in [7, 11) is 0. The molecule has 0 saturated heterocycles. The predicted octanol–water partition coefficient (Wildman–Crippen LogP) is 5.69. The van der Waals surface area contributed by atoms with Crippen molar-refractivity contribution in [1.82, 2.24) is 0 Å². The van der Waals surface area contributed by atoms with Gasteiger partial charge >= 0.3 is 0 Å². The zero-order valence-electron chi connectivity index (χ0n) is 9.58. The maximum absolute atomic E-state index is 5.65. The van der Waals surface area contributed by atoms with E-state index in [1.807, 2.05) is 6.92 Å². The Labute approximate surface area is 98.7 Å². The highest BCUT2D eigenvalue weighted by molar-refractivity contribution is 6.56. The second kappa shape index (κ2) is 8.61. The van der Waals surface area contributed by atoms with Crippen LogP contribution in [0.25, 0.3) is 0 Å². The van der Waals surface area contributed by atoms with Gasteiger partial charge in [0.05, 0.1) is 0 Å². The second-order valence-corrected chi connectivity index (χ2v) is 5.34. The van der Waals surface area contributed by atoms with Crippen molar-refractivity contribution in [1.29, 1.82) is 0 Å². The van der Waals surface area contributed by atoms with Crippen molar-refractivity contribution in [2.75, 3.05) is 0 Å². The molecule has 0 aliphatic heterocycles. The minimum atomic E-state index is 0.451. The largest absolute Gasteiger partial charge is 0.105 e. The molecular formula is C12H22Cl2. The summed E-state index contributed by atoms with van der Waals surface area (Å²) in [5.74, 6) is 0.842. The van der Waals surface area contributed by atoms with E-state index in [9.17, 15) is 0 Å². The number of hydrogen-bond donors (Lipinski definition) is 0. The highest BCUT2D eigenvalue weighted by atomic mass is 35.5. The van der Waals surface area contributed by atoms with Crippen molar-refractivity contribution in [2.45, 2.75) is 59.3 Å². The lowest BCUT2D eigenvalue weighted by molar-refractivity contribution is 0.520. The Morgan fingerprint density at radius 3 is 2.07 bits per heavy atom. The fraction of sp³-hybridized carbons (Fsp3) is 0.833. The molecule has 84 valence electrons. The van der Waals surface area contributed by atoms with Gasteiger partial charge in [-0.3, -0.25) is 0 Å². The molecule has 0 bridgehead atoms. The van der Waals surface area contributed by atoms with Crippen LogP contribution >= 0.6 is 23.2 Å². The topological polar surface area (TPSA) is 0 Å². The first-order valence-electron chi connectivity index (χ1n) is 5.54. The van der Waals surface area contributed by atoms with Gasteiger partial charge in [0, 0.05) is 0 Å². The highest BCUT2D eigenvalue weighted by Gasteiger charge is 1.97. The summed E-state index contributed by atoms with van der Waals surface area (Å²) in [5, 5.41) is 0. The SMILES string of the molecule is CC(CCCCCCC(C)C)=C(Cl)Cl. The van der Waals surface area contributed by atoms with Crippen LogP contribution in [-0.4, -0.2) is 0 Å². The molecule has 0 spiro atoms. The van der Waals surface area contributed by atoms with E-state index in [0.29, 0.717) is 4.49 Å². The van der Waals surface area contributed by atoms with Crippen LogP contribution in [-0.2, 0) is 0 Å². The highest BCUT2D eigenvalue weighted by Crippen LogP contribution is 2.19. The van der Waals surface area contributed by atoms with Gasteiger partial charge in [0.1, 0.15) is 4.49 Å². The third-order valence-electron chi connectivity index (χ3n) is 2.41. The lowest BCUT2D eigenvalue weighted by atomic mass is 10.0. The summed E-state index contributed by atoms with van der Waals surface area (Å²) in [4.78, 5) is 0. The quantitative estimate of drug-likeness (QED) is 0.499. The van der Waals surface area contributed by atoms with E-state index in [1.54, 1.807) is 0 Å². The van der Waals surface area contributed by atoms with Crippen molar-refractivity contribution in [2.24, 2.45) is 5.92 Å². The summed E-state index contributed by atoms with van der Waals surface area (Å²) in [5.41, 5.74) is 1.12. The Balaban J connectivity index is 3.26. The van der Waals surface area contributed by atoms with Gasteiger partial charge in [-0.1, -0.05) is 62.7 Å². The molecule has 0 saturated carbocycles. The molecule has 14 heavy (non-hydrogen) atoms. The summed E-state index contributed by atoms with van der Waals surface area (Å²) in [6.45, 7) is 6.56. The summed E-state index contributed by atoms with van der Waals surface area (Å²) in [6, 6.07) is 0. The van der Waals surface area contributed by atoms with E-state index in [2.05, 4.69) is 13.8 Å². The van der Waals surface area contributed by atoms with Crippen molar-refractivity contribution < 1.29 is 0 Å². The third-order valence-corrected chi connectivity index (χ3v) is 3.05. The average molecular weight is 237 g/mol. The monoisotopic (exact) mass is 236 g/mol. The Kier molecular flexibility index (Phi) is 8.81. The van der Waals surface area contributed by atoms with Crippen molar-refractivity contribution >= 4 is 23.2 Å². The zero-order chi connectivity index (χ0) is 11.0. The zero-order valence-corrected chi connectivity index (χ0v) is 11.1. The maximum Gasteiger partial charge on any atom is 0.105 e. The van der Waals surface area contributed by atoms with Crippen LogP contribution in [0.2, 0.25) is 0 Å². The smallest absolute Gasteiger partial charge is 0.0710 e. The molecule has 0 N–H and O–H groups in total. The van der Waals surface area contributed by atoms with Crippen LogP contribution in [0.3, 0.4) is 0 Å². The van der Waals surface area contributed by atoms with Gasteiger partial charge in [-0.25, -0.2) is 0 Å². The van der Waals surface area contributed by atoms with Crippen molar-refractivity contribution in [3.8, 4) is 0 Å². The fourth-order valence-corrected chi connectivity index (χ4v) is 1.58. The lowest BCUT2D eigenvalue weighted by Crippen LogP contribution is -1.87. The minimum absolute atomic E-state index is 0.451. The van der Waals surface area contributed by atoms with E-state index < -0.39 is 0 Å². The molecule has 0 heterocycles. The maximum atomic E-state index is 5.65. The Bertz CT molecular complexity index is 167. The van der Waals surface area contributed by atoms with Gasteiger partial charge < -0.3 is 0 Å². The first kappa shape index (κ1) is 14.3. The van der Waals surface area contributed by atoms with Crippen LogP contribution in [0, 0.1) is 5.92 Å². The normalized spacial score (nSPS) is 10.7. The van der Waals surface area contributed by atoms with Gasteiger partial charge in [0.15, 0.2) is 0 Å². The van der Waals surface area contributed by atoms with Gasteiger partial charge in [0.25, 0.3) is 0 Å². The van der Waals surface area contributed by atoms with Crippen molar-refractivity contribution in [3.63, 3.8) is 0 Å². The minimum Gasteiger partial charge on any atom is -0.0710 e. The van der Waals surface area contributed by atoms with Gasteiger partial charge in [-0.15, -0.1) is 0 Å². The van der Waals surface area contributed by atoms with Gasteiger partial charge in [-0.05, 0) is 31.3 Å². The molecule has 0 nitrogen and oxygen atoms in total. The molecule has 0 amide bonds. The first-order chi connectivity index (χ1) is 6.54. The second-order valence-electron chi connectivity index (χ2n) is 4.39. The number of rotatable bonds is 7. The lowest BCUT2D eigenvalue weighted by Gasteiger charge is -2.04. The molecule has 0 aliphatic rings. The molecule has 0 rings (SSSR count). The van der Waals surface area contributed by atoms with E-state index in [0.717, 1.165) is 17.9 Å². The van der Waals surface area contributed by atoms with Crippen molar-refractivity contribution in [3.05, 3.63) is 10.1 Å². The number of halogens is 2. The van der Waals surface area contributed by atoms with E-state index in [-0.39, 0.29) is 0 Å². The Morgan fingerprint density at radius 2 is 1.57 bits per heavy atom. The average Bonchev–Trinajstić information content (AvgIpc) is 2.09. The summed E-state index contributed by atoms with van der Waals surface area (Å²) in [6.07, 6.45) is 7.60. The van der Waals surface area contributed by atoms with Crippen LogP contribution in [0.1, 0.15) is 59.3 Å². The summed E-state index contributed by atoms with van der Waals surface area (Å²) < 4.78 is 0.451. The predicted molar refractivity (Wildman–Crippen MR) is 66.9 cm³/mol. The van der Waals surface area contributed by atoms with E-state index >= 15 is 0 Å². The van der Waals surface area contributed by atoms with Crippen LogP contribution in [0.4, 0.5) is 0 Å². The number of hydrogen-bond acceptors (Lipinski definition) is 0. The first-order valence-corrected chi connectivity index (χ1v) is 6.30. The third kappa shape index (κ3) is 8.90. The molecule has 2 heteroatoms. The molecular weight excluding hydrogens is 215 g/mol. The van der Waals surface area contributed by atoms with Crippen LogP contribution < -0.4 is 0 Å². The molecule has 0 atom stereocenters. The Morgan fingerprint density at radius 1 is 1.00 bits per heavy atom. The van der Waals surface area contributed by atoms with Gasteiger partial charge in [-0.2, -0.15) is 0 Å². The molecule has 0 fully saturated rings. The Hall–Kier alpha value is 0.320. The molecule has 0 unspecified atom stereocenters. The van der Waals surface area contributed by atoms with Crippen LogP contribution in [0.5, 0.6) is 0 Å². The standard InChI is InChI=1S/C12H22Cl2/c1-10(2)8-6-4-5-7-9-11(3)12(13)14/h10H,4-9H2,1-3H3. The van der Waals surface area contributed by atoms with E-state index in [1.165, 1.54) is 32.1 Å². The number of unbranched alkanes of at least 4 members (excludes halogenated alkanes) is 3. The molecule has 0 aliphatic carbocycles. The summed E-state index contributed by atoms with van der Waals surface area (Å²) >= 11 is 11.3.